The lowest BCUT2D eigenvalue weighted by Gasteiger charge is -1.98. The zero-order valence-electron chi connectivity index (χ0n) is 6.91. The Bertz CT molecular complexity index is 282. The summed E-state index contributed by atoms with van der Waals surface area (Å²) >= 11 is 0. The predicted molar refractivity (Wildman–Crippen MR) is 48.1 cm³/mol. The quantitative estimate of drug-likeness (QED) is 0.629. The van der Waals surface area contributed by atoms with Gasteiger partial charge in [0.2, 0.25) is 0 Å². The highest BCUT2D eigenvalue weighted by atomic mass is 15.1. The molecule has 0 aliphatic carbocycles. The molecule has 0 aliphatic heterocycles. The van der Waals surface area contributed by atoms with Crippen LogP contribution in [-0.2, 0) is 0 Å². The second-order valence-electron chi connectivity index (χ2n) is 2.31. The SMILES string of the molecule is C=Cc1ncc(C)n1/C=C\C. The van der Waals surface area contributed by atoms with E-state index in [0.717, 1.165) is 11.5 Å². The molecule has 1 rings (SSSR count). The molecule has 0 aliphatic rings. The smallest absolute Gasteiger partial charge is 0.136 e. The molecule has 0 amide bonds. The molecule has 58 valence electrons. The Morgan fingerprint density at radius 3 is 2.91 bits per heavy atom. The van der Waals surface area contributed by atoms with Crippen LogP contribution < -0.4 is 0 Å². The summed E-state index contributed by atoms with van der Waals surface area (Å²) in [5, 5.41) is 0. The van der Waals surface area contributed by atoms with Gasteiger partial charge in [-0.25, -0.2) is 4.98 Å². The number of aromatic nitrogens is 2. The summed E-state index contributed by atoms with van der Waals surface area (Å²) < 4.78 is 1.99. The van der Waals surface area contributed by atoms with Crippen LogP contribution in [0, 0.1) is 6.92 Å². The number of hydrogen-bond acceptors (Lipinski definition) is 1. The lowest BCUT2D eigenvalue weighted by molar-refractivity contribution is 1.05. The molecule has 0 N–H and O–H groups in total. The Kier molecular flexibility index (Phi) is 2.26. The minimum atomic E-state index is 0.889. The van der Waals surface area contributed by atoms with E-state index in [-0.39, 0.29) is 0 Å². The lowest BCUT2D eigenvalue weighted by atomic mass is 10.5. The third kappa shape index (κ3) is 1.40. The van der Waals surface area contributed by atoms with Crippen molar-refractivity contribution in [2.75, 3.05) is 0 Å². The highest BCUT2D eigenvalue weighted by Crippen LogP contribution is 2.05. The van der Waals surface area contributed by atoms with E-state index in [4.69, 9.17) is 0 Å². The van der Waals surface area contributed by atoms with Crippen molar-refractivity contribution < 1.29 is 0 Å². The molecule has 0 atom stereocenters. The highest BCUT2D eigenvalue weighted by Gasteiger charge is 1.97. The van der Waals surface area contributed by atoms with Gasteiger partial charge in [0.15, 0.2) is 0 Å². The van der Waals surface area contributed by atoms with E-state index < -0.39 is 0 Å². The number of rotatable bonds is 2. The first-order chi connectivity index (χ1) is 5.29. The van der Waals surface area contributed by atoms with Gasteiger partial charge in [0, 0.05) is 18.1 Å². The second kappa shape index (κ2) is 3.19. The monoisotopic (exact) mass is 148 g/mol. The summed E-state index contributed by atoms with van der Waals surface area (Å²) in [5.41, 5.74) is 1.12. The van der Waals surface area contributed by atoms with Gasteiger partial charge < -0.3 is 4.57 Å². The number of nitrogens with zero attached hydrogens (tertiary/aromatic N) is 2. The van der Waals surface area contributed by atoms with E-state index in [9.17, 15) is 0 Å². The lowest BCUT2D eigenvalue weighted by Crippen LogP contribution is -1.91. The fourth-order valence-electron chi connectivity index (χ4n) is 0.959. The average molecular weight is 148 g/mol. The molecule has 0 aromatic carbocycles. The normalized spacial score (nSPS) is 10.7. The maximum Gasteiger partial charge on any atom is 0.136 e. The van der Waals surface area contributed by atoms with Crippen LogP contribution in [0.4, 0.5) is 0 Å². The van der Waals surface area contributed by atoms with Gasteiger partial charge in [-0.1, -0.05) is 12.7 Å². The summed E-state index contributed by atoms with van der Waals surface area (Å²) in [6.07, 6.45) is 7.52. The third-order valence-corrected chi connectivity index (χ3v) is 1.49. The standard InChI is InChI=1S/C9H12N2/c1-4-6-11-8(3)7-10-9(11)5-2/h4-7H,2H2,1,3H3/b6-4-. The van der Waals surface area contributed by atoms with Crippen LogP contribution in [0.2, 0.25) is 0 Å². The van der Waals surface area contributed by atoms with Crippen molar-refractivity contribution in [1.29, 1.82) is 0 Å². The molecule has 0 unspecified atom stereocenters. The fraction of sp³-hybridized carbons (Fsp3) is 0.222. The zero-order chi connectivity index (χ0) is 8.27. The molecular formula is C9H12N2. The molecule has 1 aromatic rings. The number of allylic oxidation sites excluding steroid dienone is 1. The second-order valence-corrected chi connectivity index (χ2v) is 2.31. The van der Waals surface area contributed by atoms with E-state index in [1.807, 2.05) is 36.9 Å². The zero-order valence-corrected chi connectivity index (χ0v) is 6.91. The first kappa shape index (κ1) is 7.79. The Morgan fingerprint density at radius 1 is 1.64 bits per heavy atom. The number of aryl methyl sites for hydroxylation is 1. The van der Waals surface area contributed by atoms with Crippen molar-refractivity contribution in [2.24, 2.45) is 0 Å². The molecule has 2 heteroatoms. The highest BCUT2D eigenvalue weighted by molar-refractivity contribution is 5.44. The van der Waals surface area contributed by atoms with Gasteiger partial charge in [-0.2, -0.15) is 0 Å². The summed E-state index contributed by atoms with van der Waals surface area (Å²) in [6, 6.07) is 0. The molecule has 0 saturated carbocycles. The fourth-order valence-corrected chi connectivity index (χ4v) is 0.959. The average Bonchev–Trinajstić information content (AvgIpc) is 2.34. The maximum atomic E-state index is 4.15. The topological polar surface area (TPSA) is 17.8 Å². The Balaban J connectivity index is 3.17. The van der Waals surface area contributed by atoms with Gasteiger partial charge in [0.25, 0.3) is 0 Å². The molecule has 0 bridgehead atoms. The van der Waals surface area contributed by atoms with Gasteiger partial charge in [-0.15, -0.1) is 0 Å². The van der Waals surface area contributed by atoms with Crippen molar-refractivity contribution in [3.63, 3.8) is 0 Å². The Hall–Kier alpha value is -1.31. The Morgan fingerprint density at radius 2 is 2.36 bits per heavy atom. The van der Waals surface area contributed by atoms with Crippen LogP contribution >= 0.6 is 0 Å². The molecule has 1 aromatic heterocycles. The number of imidazole rings is 1. The molecule has 0 spiro atoms. The van der Waals surface area contributed by atoms with Crippen molar-refractivity contribution in [1.82, 2.24) is 9.55 Å². The largest absolute Gasteiger partial charge is 0.305 e. The Labute approximate surface area is 66.9 Å². The van der Waals surface area contributed by atoms with Gasteiger partial charge in [0.05, 0.1) is 0 Å². The third-order valence-electron chi connectivity index (χ3n) is 1.49. The van der Waals surface area contributed by atoms with Crippen LogP contribution in [0.25, 0.3) is 12.3 Å². The molecule has 2 nitrogen and oxygen atoms in total. The number of hydrogen-bond donors (Lipinski definition) is 0. The van der Waals surface area contributed by atoms with Crippen LogP contribution in [-0.4, -0.2) is 9.55 Å². The van der Waals surface area contributed by atoms with Crippen LogP contribution in [0.1, 0.15) is 18.4 Å². The van der Waals surface area contributed by atoms with Crippen LogP contribution in [0.5, 0.6) is 0 Å². The minimum absolute atomic E-state index is 0.889. The minimum Gasteiger partial charge on any atom is -0.305 e. The van der Waals surface area contributed by atoms with E-state index >= 15 is 0 Å². The summed E-state index contributed by atoms with van der Waals surface area (Å²) in [7, 11) is 0. The van der Waals surface area contributed by atoms with Crippen molar-refractivity contribution in [3.05, 3.63) is 30.4 Å². The van der Waals surface area contributed by atoms with Gasteiger partial charge in [0.1, 0.15) is 5.82 Å². The van der Waals surface area contributed by atoms with Gasteiger partial charge >= 0.3 is 0 Å². The van der Waals surface area contributed by atoms with E-state index in [1.54, 1.807) is 6.08 Å². The van der Waals surface area contributed by atoms with E-state index in [2.05, 4.69) is 11.6 Å². The van der Waals surface area contributed by atoms with Crippen LogP contribution in [0.3, 0.4) is 0 Å². The maximum absolute atomic E-state index is 4.15. The summed E-state index contributed by atoms with van der Waals surface area (Å²) in [5.74, 6) is 0.889. The first-order valence-corrected chi connectivity index (χ1v) is 3.58. The predicted octanol–water partition coefficient (Wildman–Crippen LogP) is 2.33. The molecule has 0 fully saturated rings. The van der Waals surface area contributed by atoms with Crippen LogP contribution in [0.15, 0.2) is 18.9 Å². The first-order valence-electron chi connectivity index (χ1n) is 3.58. The molecular weight excluding hydrogens is 136 g/mol. The van der Waals surface area contributed by atoms with Crippen molar-refractivity contribution in [3.8, 4) is 0 Å². The van der Waals surface area contributed by atoms with E-state index in [0.29, 0.717) is 0 Å². The van der Waals surface area contributed by atoms with Crippen molar-refractivity contribution in [2.45, 2.75) is 13.8 Å². The van der Waals surface area contributed by atoms with E-state index in [1.165, 1.54) is 0 Å². The molecule has 0 radical (unpaired) electrons. The molecule has 11 heavy (non-hydrogen) atoms. The molecule has 1 heterocycles. The summed E-state index contributed by atoms with van der Waals surface area (Å²) in [4.78, 5) is 4.15. The molecule has 0 saturated heterocycles. The van der Waals surface area contributed by atoms with Gasteiger partial charge in [-0.3, -0.25) is 0 Å². The van der Waals surface area contributed by atoms with Gasteiger partial charge in [-0.05, 0) is 19.9 Å². The van der Waals surface area contributed by atoms with Crippen molar-refractivity contribution >= 4 is 12.3 Å². The summed E-state index contributed by atoms with van der Waals surface area (Å²) in [6.45, 7) is 7.66.